The lowest BCUT2D eigenvalue weighted by atomic mass is 9.99. The molecule has 0 aromatic heterocycles. The molecule has 3 aromatic carbocycles. The molecule has 1 saturated heterocycles. The zero-order valence-corrected chi connectivity index (χ0v) is 21.5. The molecule has 0 spiro atoms. The molecule has 4 unspecified atom stereocenters. The zero-order valence-electron chi connectivity index (χ0n) is 22.9. The van der Waals surface area contributed by atoms with Gasteiger partial charge in [0.1, 0.15) is 29.4 Å². The van der Waals surface area contributed by atoms with Gasteiger partial charge < -0.3 is 23.7 Å². The Morgan fingerprint density at radius 3 is 1.75 bits per heavy atom. The van der Waals surface area contributed by atoms with Crippen molar-refractivity contribution in [3.05, 3.63) is 120 Å². The Labute approximate surface area is 226 Å². The lowest BCUT2D eigenvalue weighted by Gasteiger charge is -2.44. The average Bonchev–Trinajstić information content (AvgIpc) is 2.98. The first-order valence-corrected chi connectivity index (χ1v) is 12.8. The molecule has 5 nitrogen and oxygen atoms in total. The van der Waals surface area contributed by atoms with Gasteiger partial charge in [0.15, 0.2) is 0 Å². The second-order valence-corrected chi connectivity index (χ2v) is 9.14. The molecule has 8 atom stereocenters. The van der Waals surface area contributed by atoms with Crippen molar-refractivity contribution < 1.29 is 27.8 Å². The van der Waals surface area contributed by atoms with Crippen LogP contribution in [0.3, 0.4) is 0 Å². The number of hydrogen-bond acceptors (Lipinski definition) is 5. The first kappa shape index (κ1) is 22.8. The molecule has 36 heavy (non-hydrogen) atoms. The summed E-state index contributed by atoms with van der Waals surface area (Å²) < 4.78 is 56.8. The van der Waals surface area contributed by atoms with E-state index >= 15 is 0 Å². The van der Waals surface area contributed by atoms with E-state index in [2.05, 4.69) is 22.5 Å². The van der Waals surface area contributed by atoms with Gasteiger partial charge in [-0.25, -0.2) is 0 Å². The van der Waals surface area contributed by atoms with Crippen molar-refractivity contribution in [1.82, 2.24) is 0 Å². The van der Waals surface area contributed by atoms with E-state index in [9.17, 15) is 0 Å². The Hall–Kier alpha value is -2.32. The molecule has 1 aliphatic heterocycles. The maximum atomic E-state index is 8.75. The second-order valence-electron chi connectivity index (χ2n) is 8.23. The molecule has 0 saturated carbocycles. The van der Waals surface area contributed by atoms with E-state index in [0.717, 1.165) is 0 Å². The van der Waals surface area contributed by atoms with Crippen LogP contribution in [0.5, 0.6) is 0 Å². The van der Waals surface area contributed by atoms with Crippen LogP contribution in [-0.2, 0) is 43.4 Å². The number of halogens is 1. The molecule has 190 valence electrons. The number of ether oxygens (including phenoxy) is 5. The Morgan fingerprint density at radius 2 is 1.22 bits per heavy atom. The molecule has 3 aromatic rings. The highest BCUT2D eigenvalue weighted by molar-refractivity contribution is 9.09. The van der Waals surface area contributed by atoms with Gasteiger partial charge in [0.05, 0.1) is 37.1 Å². The molecule has 1 aliphatic rings. The van der Waals surface area contributed by atoms with Gasteiger partial charge in [-0.05, 0) is 16.7 Å². The molecule has 0 N–H and O–H groups in total. The topological polar surface area (TPSA) is 46.2 Å². The van der Waals surface area contributed by atoms with Crippen molar-refractivity contribution in [3.8, 4) is 0 Å². The summed E-state index contributed by atoms with van der Waals surface area (Å²) in [6, 6.07) is 27.6. The van der Waals surface area contributed by atoms with E-state index in [1.165, 1.54) is 0 Å². The number of alkyl halides is 1. The van der Waals surface area contributed by atoms with Crippen LogP contribution in [-0.4, -0.2) is 42.6 Å². The van der Waals surface area contributed by atoms with Crippen LogP contribution in [0.2, 0.25) is 0 Å². The van der Waals surface area contributed by atoms with Crippen LogP contribution >= 0.6 is 15.9 Å². The molecule has 0 bridgehead atoms. The third-order valence-corrected chi connectivity index (χ3v) is 6.32. The van der Waals surface area contributed by atoms with E-state index in [0.29, 0.717) is 16.7 Å². The minimum atomic E-state index is -1.05. The molecule has 6 heteroatoms. The third-order valence-electron chi connectivity index (χ3n) is 5.58. The highest BCUT2D eigenvalue weighted by Gasteiger charge is 2.47. The summed E-state index contributed by atoms with van der Waals surface area (Å²) >= 11 is 3.57. The highest BCUT2D eigenvalue weighted by atomic mass is 79.9. The van der Waals surface area contributed by atoms with Gasteiger partial charge in [-0.3, -0.25) is 0 Å². The summed E-state index contributed by atoms with van der Waals surface area (Å²) in [7, 11) is 0. The maximum absolute atomic E-state index is 8.75. The highest BCUT2D eigenvalue weighted by Crippen LogP contribution is 2.32. The maximum Gasteiger partial charge on any atom is 0.141 e. The monoisotopic (exact) mass is 555 g/mol. The van der Waals surface area contributed by atoms with Crippen LogP contribution in [0, 0.1) is 0 Å². The van der Waals surface area contributed by atoms with E-state index in [1.54, 1.807) is 6.08 Å². The van der Waals surface area contributed by atoms with Crippen molar-refractivity contribution in [2.45, 2.75) is 49.2 Å². The zero-order chi connectivity index (χ0) is 27.6. The number of benzene rings is 3. The second kappa shape index (κ2) is 14.4. The minimum Gasteiger partial charge on any atom is -0.374 e. The SMILES string of the molecule is [2H]C(OC[C@H]1OC(Br)[C@H](OCC=C)[C@@H](OC([2H])c2ccccc2)[C@@H]1OC([2H])c1ccccc1)c1ccccc1. The lowest BCUT2D eigenvalue weighted by Crippen LogP contribution is -2.59. The van der Waals surface area contributed by atoms with E-state index in [1.807, 2.05) is 91.0 Å². The van der Waals surface area contributed by atoms with E-state index < -0.39 is 49.2 Å². The molecule has 0 radical (unpaired) electrons. The van der Waals surface area contributed by atoms with Crippen LogP contribution in [0.25, 0.3) is 0 Å². The van der Waals surface area contributed by atoms with Gasteiger partial charge in [0.2, 0.25) is 0 Å². The lowest BCUT2D eigenvalue weighted by molar-refractivity contribution is -0.249. The average molecular weight is 557 g/mol. The van der Waals surface area contributed by atoms with Crippen molar-refractivity contribution in [2.75, 3.05) is 13.2 Å². The fraction of sp³-hybridized carbons (Fsp3) is 0.333. The summed E-state index contributed by atoms with van der Waals surface area (Å²) in [5, 5.41) is -0.624. The van der Waals surface area contributed by atoms with E-state index in [-0.39, 0.29) is 13.2 Å². The fourth-order valence-electron chi connectivity index (χ4n) is 3.82. The summed E-state index contributed by atoms with van der Waals surface area (Å²) in [5.74, 6) is 0. The first-order valence-electron chi connectivity index (χ1n) is 13.6. The van der Waals surface area contributed by atoms with Gasteiger partial charge in [-0.15, -0.1) is 6.58 Å². The standard InChI is InChI=1S/C30H33BrO5/c1-2-18-33-29-28(35-21-25-16-10-5-11-17-25)27(34-20-24-14-8-4-9-15-24)26(36-30(29)31)22-32-19-23-12-6-3-7-13-23/h2-17,26-30H,1,18-22H2/t26-,27-,28+,29-,30?/m1/s1/i19D,20D,21D/t19?,20?,21?,26-,27-,28+,29-,30?. The molecule has 0 aliphatic carbocycles. The van der Waals surface area contributed by atoms with E-state index in [4.69, 9.17) is 27.8 Å². The van der Waals surface area contributed by atoms with Gasteiger partial charge in [-0.1, -0.05) is 113 Å². The molecular weight excluding hydrogens is 520 g/mol. The molecule has 1 heterocycles. The largest absolute Gasteiger partial charge is 0.374 e. The molecular formula is C30H33BrO5. The summed E-state index contributed by atoms with van der Waals surface area (Å²) in [6.07, 6.45) is -1.43. The third kappa shape index (κ3) is 7.84. The van der Waals surface area contributed by atoms with Crippen molar-refractivity contribution in [1.29, 1.82) is 0 Å². The Bertz CT molecular complexity index is 1130. The van der Waals surface area contributed by atoms with Crippen LogP contribution < -0.4 is 0 Å². The van der Waals surface area contributed by atoms with Crippen LogP contribution in [0.15, 0.2) is 104 Å². The molecule has 1 fully saturated rings. The summed E-state index contributed by atoms with van der Waals surface area (Å²) in [5.41, 5.74) is 2.04. The number of hydrogen-bond donors (Lipinski definition) is 0. The quantitative estimate of drug-likeness (QED) is 0.189. The van der Waals surface area contributed by atoms with Gasteiger partial charge >= 0.3 is 0 Å². The van der Waals surface area contributed by atoms with Gasteiger partial charge in [0, 0.05) is 0 Å². The fourth-order valence-corrected chi connectivity index (χ4v) is 4.55. The molecule has 4 rings (SSSR count). The van der Waals surface area contributed by atoms with Crippen LogP contribution in [0.4, 0.5) is 0 Å². The predicted octanol–water partition coefficient (Wildman–Crippen LogP) is 6.07. The van der Waals surface area contributed by atoms with Crippen molar-refractivity contribution in [3.63, 3.8) is 0 Å². The van der Waals surface area contributed by atoms with Crippen molar-refractivity contribution >= 4 is 15.9 Å². The Morgan fingerprint density at radius 1 is 0.722 bits per heavy atom. The Balaban J connectivity index is 1.62. The smallest absolute Gasteiger partial charge is 0.141 e. The normalized spacial score (nSPS) is 27.7. The van der Waals surface area contributed by atoms with Crippen LogP contribution in [0.1, 0.15) is 20.8 Å². The number of rotatable bonds is 13. The minimum absolute atomic E-state index is 0.000616. The Kier molecular flexibility index (Phi) is 9.16. The first-order chi connectivity index (χ1) is 19.0. The summed E-state index contributed by atoms with van der Waals surface area (Å²) in [4.78, 5) is 0. The van der Waals surface area contributed by atoms with Gasteiger partial charge in [-0.2, -0.15) is 0 Å². The van der Waals surface area contributed by atoms with Gasteiger partial charge in [0.25, 0.3) is 0 Å². The predicted molar refractivity (Wildman–Crippen MR) is 144 cm³/mol. The summed E-state index contributed by atoms with van der Waals surface area (Å²) in [6.45, 7) is 0.940. The van der Waals surface area contributed by atoms with Crippen molar-refractivity contribution in [2.24, 2.45) is 0 Å². The molecule has 0 amide bonds.